The number of likely N-dealkylation sites (tertiary alicyclic amines) is 1. The van der Waals surface area contributed by atoms with E-state index < -0.39 is 52.5 Å². The van der Waals surface area contributed by atoms with E-state index in [0.717, 1.165) is 17.2 Å². The summed E-state index contributed by atoms with van der Waals surface area (Å²) in [5, 5.41) is 9.99. The Hall–Kier alpha value is -4.11. The number of nitrogens with one attached hydrogen (secondary N) is 1. The monoisotopic (exact) mass is 611 g/mol. The number of alkyl halides is 3. The number of carbonyl (C=O) groups is 2. The largest absolute Gasteiger partial charge is 0.573 e. The second kappa shape index (κ2) is 12.4. The van der Waals surface area contributed by atoms with Crippen molar-refractivity contribution in [3.63, 3.8) is 0 Å². The van der Waals surface area contributed by atoms with Crippen molar-refractivity contribution in [3.05, 3.63) is 59.3 Å². The average molecular weight is 612 g/mol. The maximum absolute atomic E-state index is 13.3. The lowest BCUT2D eigenvalue weighted by molar-refractivity contribution is -0.274. The smallest absolute Gasteiger partial charge is 0.480 e. The van der Waals surface area contributed by atoms with E-state index in [0.29, 0.717) is 16.9 Å². The summed E-state index contributed by atoms with van der Waals surface area (Å²) in [5.41, 5.74) is 6.65. The van der Waals surface area contributed by atoms with Crippen molar-refractivity contribution < 1.29 is 41.0 Å². The number of carbonyl (C=O) groups excluding carboxylic acids is 1. The van der Waals surface area contributed by atoms with Gasteiger partial charge in [0.1, 0.15) is 28.5 Å². The Bertz CT molecular complexity index is 1520. The third-order valence-electron chi connectivity index (χ3n) is 6.52. The number of carboxylic acid groups (broad SMARTS) is 1. The molecule has 0 radical (unpaired) electrons. The standard InChI is InChI=1S/C27H32F3N5O6S/c1-6-7-17-11-18(23(41-27(28,29)30)13-20(17)16(3)31)12-22(26(37)38)35-9-8-21(25(35)36)33-42(39,40)19-10-15(2)24(32-14-19)34(4)5/h6-7,10-11,13-14,21-22,33H,3,8-9,12,31H2,1-2,4-5H3,(H,37,38)/b7-6-/t21-,22+/m0/s1. The van der Waals surface area contributed by atoms with Crippen molar-refractivity contribution in [1.29, 1.82) is 0 Å². The number of benzene rings is 1. The minimum atomic E-state index is -5.10. The minimum absolute atomic E-state index is 0.0388. The fourth-order valence-electron chi connectivity index (χ4n) is 4.69. The molecule has 0 saturated carbocycles. The van der Waals surface area contributed by atoms with Crippen molar-refractivity contribution in [2.24, 2.45) is 5.73 Å². The molecule has 228 valence electrons. The van der Waals surface area contributed by atoms with Crippen LogP contribution in [0.1, 0.15) is 35.6 Å². The number of sulfonamides is 1. The SMILES string of the molecule is C=C(N)c1cc(OC(F)(F)F)c(C[C@H](C(=O)O)N2CC[C@H](NS(=O)(=O)c3cnc(N(C)C)c(C)c3)C2=O)cc1/C=C\C. The summed E-state index contributed by atoms with van der Waals surface area (Å²) in [4.78, 5) is 32.1. The number of anilines is 1. The van der Waals surface area contributed by atoms with Gasteiger partial charge in [0.15, 0.2) is 0 Å². The number of pyridine rings is 1. The summed E-state index contributed by atoms with van der Waals surface area (Å²) in [6.07, 6.45) is -1.43. The van der Waals surface area contributed by atoms with Gasteiger partial charge in [-0.1, -0.05) is 18.7 Å². The predicted octanol–water partition coefficient (Wildman–Crippen LogP) is 2.89. The number of amides is 1. The van der Waals surface area contributed by atoms with Crippen molar-refractivity contribution in [3.8, 4) is 5.75 Å². The second-order valence-electron chi connectivity index (χ2n) is 9.88. The molecule has 15 heteroatoms. The number of allylic oxidation sites excluding steroid dienone is 1. The topological polar surface area (TPSA) is 155 Å². The zero-order valence-electron chi connectivity index (χ0n) is 23.4. The fourth-order valence-corrected chi connectivity index (χ4v) is 5.94. The summed E-state index contributed by atoms with van der Waals surface area (Å²) in [7, 11) is -0.730. The minimum Gasteiger partial charge on any atom is -0.480 e. The van der Waals surface area contributed by atoms with E-state index in [4.69, 9.17) is 5.73 Å². The molecule has 0 unspecified atom stereocenters. The highest BCUT2D eigenvalue weighted by molar-refractivity contribution is 7.89. The Kier molecular flexibility index (Phi) is 9.57. The first kappa shape index (κ1) is 32.4. The Morgan fingerprint density at radius 1 is 1.36 bits per heavy atom. The number of halogens is 3. The molecule has 1 aromatic heterocycles. The molecule has 1 fully saturated rings. The molecule has 2 heterocycles. The van der Waals surface area contributed by atoms with Crippen LogP contribution >= 0.6 is 0 Å². The van der Waals surface area contributed by atoms with Crippen LogP contribution in [0.15, 0.2) is 41.9 Å². The van der Waals surface area contributed by atoms with Crippen LogP contribution in [0.4, 0.5) is 19.0 Å². The number of aromatic nitrogens is 1. The number of aryl methyl sites for hydroxylation is 1. The third kappa shape index (κ3) is 7.39. The van der Waals surface area contributed by atoms with Gasteiger partial charge in [0.25, 0.3) is 0 Å². The molecule has 2 aromatic rings. The highest BCUT2D eigenvalue weighted by Crippen LogP contribution is 2.34. The van der Waals surface area contributed by atoms with Crippen molar-refractivity contribution >= 4 is 39.5 Å². The van der Waals surface area contributed by atoms with Gasteiger partial charge in [-0.25, -0.2) is 18.2 Å². The van der Waals surface area contributed by atoms with Crippen molar-refractivity contribution in [2.75, 3.05) is 25.5 Å². The summed E-state index contributed by atoms with van der Waals surface area (Å²) >= 11 is 0. The molecule has 1 aromatic carbocycles. The summed E-state index contributed by atoms with van der Waals surface area (Å²) in [6.45, 7) is 6.76. The molecule has 1 amide bonds. The lowest BCUT2D eigenvalue weighted by Gasteiger charge is -2.26. The van der Waals surface area contributed by atoms with E-state index in [2.05, 4.69) is 21.0 Å². The molecular formula is C27H32F3N5O6S. The Labute approximate surface area is 241 Å². The molecule has 11 nitrogen and oxygen atoms in total. The van der Waals surface area contributed by atoms with E-state index in [1.807, 2.05) is 0 Å². The Balaban J connectivity index is 1.92. The molecule has 0 bridgehead atoms. The summed E-state index contributed by atoms with van der Waals surface area (Å²) in [6, 6.07) is 0.776. The van der Waals surface area contributed by atoms with Gasteiger partial charge in [0.05, 0.1) is 0 Å². The van der Waals surface area contributed by atoms with E-state index >= 15 is 0 Å². The second-order valence-corrected chi connectivity index (χ2v) is 11.6. The zero-order chi connectivity index (χ0) is 31.6. The van der Waals surface area contributed by atoms with Gasteiger partial charge in [0.2, 0.25) is 15.9 Å². The van der Waals surface area contributed by atoms with Crippen LogP contribution < -0.4 is 20.1 Å². The van der Waals surface area contributed by atoms with E-state index in [-0.39, 0.29) is 34.7 Å². The molecule has 4 N–H and O–H groups in total. The van der Waals surface area contributed by atoms with Crippen LogP contribution in [0.2, 0.25) is 0 Å². The van der Waals surface area contributed by atoms with Crippen LogP contribution in [0, 0.1) is 6.92 Å². The quantitative estimate of drug-likeness (QED) is 0.348. The highest BCUT2D eigenvalue weighted by Gasteiger charge is 2.42. The van der Waals surface area contributed by atoms with E-state index in [9.17, 15) is 36.3 Å². The first-order valence-electron chi connectivity index (χ1n) is 12.6. The van der Waals surface area contributed by atoms with Crippen molar-refractivity contribution in [2.45, 2.75) is 50.0 Å². The maximum atomic E-state index is 13.3. The van der Waals surface area contributed by atoms with Gasteiger partial charge >= 0.3 is 12.3 Å². The van der Waals surface area contributed by atoms with E-state index in [1.165, 1.54) is 12.1 Å². The molecule has 2 atom stereocenters. The van der Waals surface area contributed by atoms with Gasteiger partial charge in [0, 0.05) is 44.5 Å². The Morgan fingerprint density at radius 2 is 2.02 bits per heavy atom. The third-order valence-corrected chi connectivity index (χ3v) is 7.96. The number of ether oxygens (including phenoxy) is 1. The number of aliphatic carboxylic acids is 1. The number of carboxylic acids is 1. The first-order chi connectivity index (χ1) is 19.4. The van der Waals surface area contributed by atoms with E-state index in [1.54, 1.807) is 45.0 Å². The summed E-state index contributed by atoms with van der Waals surface area (Å²) in [5.74, 6) is -2.48. The molecule has 42 heavy (non-hydrogen) atoms. The van der Waals surface area contributed by atoms with Gasteiger partial charge < -0.3 is 25.4 Å². The van der Waals surface area contributed by atoms with Gasteiger partial charge in [-0.2, -0.15) is 4.72 Å². The predicted molar refractivity (Wildman–Crippen MR) is 150 cm³/mol. The molecule has 0 spiro atoms. The number of rotatable bonds is 11. The average Bonchev–Trinajstić information content (AvgIpc) is 3.21. The molecule has 3 rings (SSSR count). The highest BCUT2D eigenvalue weighted by atomic mass is 32.2. The lowest BCUT2D eigenvalue weighted by Crippen LogP contribution is -2.48. The van der Waals surface area contributed by atoms with Crippen LogP contribution in [0.25, 0.3) is 11.8 Å². The van der Waals surface area contributed by atoms with Crippen LogP contribution in [-0.4, -0.2) is 74.4 Å². The molecule has 1 saturated heterocycles. The van der Waals surface area contributed by atoms with Gasteiger partial charge in [-0.15, -0.1) is 13.2 Å². The van der Waals surface area contributed by atoms with Crippen LogP contribution in [0.5, 0.6) is 5.75 Å². The molecule has 1 aliphatic heterocycles. The van der Waals surface area contributed by atoms with Gasteiger partial charge in [-0.05, 0) is 55.2 Å². The lowest BCUT2D eigenvalue weighted by atomic mass is 9.96. The fraction of sp³-hybridized carbons (Fsp3) is 0.370. The molecule has 1 aliphatic rings. The molecular weight excluding hydrogens is 579 g/mol. The first-order valence-corrected chi connectivity index (χ1v) is 14.1. The Morgan fingerprint density at radius 3 is 2.55 bits per heavy atom. The maximum Gasteiger partial charge on any atom is 0.573 e. The number of hydrogen-bond donors (Lipinski definition) is 3. The normalized spacial score (nSPS) is 16.6. The number of nitrogens with two attached hydrogens (primary N) is 1. The molecule has 0 aliphatic carbocycles. The van der Waals surface area contributed by atoms with Crippen molar-refractivity contribution in [1.82, 2.24) is 14.6 Å². The zero-order valence-corrected chi connectivity index (χ0v) is 24.2. The van der Waals surface area contributed by atoms with Crippen LogP contribution in [0.3, 0.4) is 0 Å². The number of nitrogens with zero attached hydrogens (tertiary/aromatic N) is 3. The number of hydrogen-bond acceptors (Lipinski definition) is 8. The van der Waals surface area contributed by atoms with Gasteiger partial charge in [-0.3, -0.25) is 4.79 Å². The summed E-state index contributed by atoms with van der Waals surface area (Å²) < 4.78 is 72.3. The van der Waals surface area contributed by atoms with Crippen LogP contribution in [-0.2, 0) is 26.0 Å².